The molecule has 1 rings (SSSR count). The molecule has 0 aromatic heterocycles. The van der Waals surface area contributed by atoms with Gasteiger partial charge in [0, 0.05) is 0 Å². The Kier molecular flexibility index (Phi) is 8.85. The average molecular weight is 341 g/mol. The molecule has 3 nitrogen and oxygen atoms in total. The molecule has 23 heavy (non-hydrogen) atoms. The third kappa shape index (κ3) is 7.49. The van der Waals surface area contributed by atoms with Gasteiger partial charge in [-0.1, -0.05) is 71.4 Å². The molecular weight excluding hydrogens is 308 g/mol. The second-order valence-electron chi connectivity index (χ2n) is 6.68. The Labute approximate surface area is 142 Å². The van der Waals surface area contributed by atoms with Gasteiger partial charge in [0.1, 0.15) is 0 Å². The van der Waals surface area contributed by atoms with Crippen molar-refractivity contribution in [3.63, 3.8) is 0 Å². The van der Waals surface area contributed by atoms with Gasteiger partial charge in [0.2, 0.25) is 0 Å². The maximum Gasteiger partial charge on any atom is 0.294 e. The van der Waals surface area contributed by atoms with E-state index >= 15 is 0 Å². The highest BCUT2D eigenvalue weighted by Crippen LogP contribution is 2.28. The van der Waals surface area contributed by atoms with Gasteiger partial charge >= 0.3 is 0 Å². The van der Waals surface area contributed by atoms with Crippen LogP contribution in [0.25, 0.3) is 0 Å². The Hall–Kier alpha value is -0.870. The molecular formula is C19H32O3S. The monoisotopic (exact) mass is 340 g/mol. The molecule has 0 aliphatic rings. The lowest BCUT2D eigenvalue weighted by atomic mass is 9.87. The first-order chi connectivity index (χ1) is 10.9. The van der Waals surface area contributed by atoms with Crippen molar-refractivity contribution in [1.29, 1.82) is 0 Å². The smallest absolute Gasteiger partial charge is 0.282 e. The fourth-order valence-electron chi connectivity index (χ4n) is 3.07. The predicted molar refractivity (Wildman–Crippen MR) is 96.4 cm³/mol. The molecule has 0 fully saturated rings. The van der Waals surface area contributed by atoms with Gasteiger partial charge in [-0.2, -0.15) is 8.42 Å². The number of rotatable bonds is 11. The molecule has 0 saturated carbocycles. The van der Waals surface area contributed by atoms with Gasteiger partial charge < -0.3 is 0 Å². The molecule has 0 saturated heterocycles. The summed E-state index contributed by atoms with van der Waals surface area (Å²) in [4.78, 5) is -0.0274. The normalized spacial score (nSPS) is 14.6. The Morgan fingerprint density at radius 1 is 0.957 bits per heavy atom. The quantitative estimate of drug-likeness (QED) is 0.408. The Morgan fingerprint density at radius 2 is 1.61 bits per heavy atom. The predicted octanol–water partition coefficient (Wildman–Crippen LogP) is 5.81. The fraction of sp³-hybridized carbons (Fsp3) is 0.684. The summed E-state index contributed by atoms with van der Waals surface area (Å²) in [5, 5.41) is 0. The third-order valence-electron chi connectivity index (χ3n) is 4.70. The Morgan fingerprint density at radius 3 is 2.13 bits per heavy atom. The van der Waals surface area contributed by atoms with E-state index in [0.717, 1.165) is 24.3 Å². The van der Waals surface area contributed by atoms with E-state index in [1.807, 2.05) is 12.1 Å². The Bertz CT molecular complexity index is 534. The van der Waals surface area contributed by atoms with Gasteiger partial charge in [-0.05, 0) is 42.4 Å². The van der Waals surface area contributed by atoms with Crippen molar-refractivity contribution in [2.24, 2.45) is 5.92 Å². The summed E-state index contributed by atoms with van der Waals surface area (Å²) in [7, 11) is -4.09. The van der Waals surface area contributed by atoms with Crippen LogP contribution < -0.4 is 0 Å². The first-order valence-corrected chi connectivity index (χ1v) is 10.4. The summed E-state index contributed by atoms with van der Waals surface area (Å²) < 4.78 is 31.2. The summed E-state index contributed by atoms with van der Waals surface area (Å²) in [6, 6.07) is 6.68. The third-order valence-corrected chi connectivity index (χ3v) is 5.57. The summed E-state index contributed by atoms with van der Waals surface area (Å²) >= 11 is 0. The van der Waals surface area contributed by atoms with Crippen LogP contribution in [0.4, 0.5) is 0 Å². The van der Waals surface area contributed by atoms with Gasteiger partial charge in [0.05, 0.1) is 4.90 Å². The Balaban J connectivity index is 2.50. The standard InChI is InChI=1S/C19H32O3S/c1-4-6-7-8-9-16(3)10-11-17(5-2)18-12-14-19(15-13-18)23(20,21)22/h12-17H,4-11H2,1-3H3,(H,20,21,22). The molecule has 1 aromatic carbocycles. The van der Waals surface area contributed by atoms with Crippen LogP contribution in [0.2, 0.25) is 0 Å². The molecule has 0 spiro atoms. The van der Waals surface area contributed by atoms with E-state index in [1.54, 1.807) is 0 Å². The van der Waals surface area contributed by atoms with E-state index < -0.39 is 10.1 Å². The van der Waals surface area contributed by atoms with Crippen LogP contribution in [0.5, 0.6) is 0 Å². The number of hydrogen-bond donors (Lipinski definition) is 1. The molecule has 1 aromatic rings. The molecule has 0 heterocycles. The van der Waals surface area contributed by atoms with Gasteiger partial charge in [-0.15, -0.1) is 0 Å². The van der Waals surface area contributed by atoms with Crippen LogP contribution in [-0.2, 0) is 10.1 Å². The second-order valence-corrected chi connectivity index (χ2v) is 8.10. The van der Waals surface area contributed by atoms with E-state index in [9.17, 15) is 8.42 Å². The van der Waals surface area contributed by atoms with E-state index in [0.29, 0.717) is 5.92 Å². The fourth-order valence-corrected chi connectivity index (χ4v) is 3.55. The molecule has 0 radical (unpaired) electrons. The molecule has 1 N–H and O–H groups in total. The van der Waals surface area contributed by atoms with Gasteiger partial charge in [0.15, 0.2) is 0 Å². The van der Waals surface area contributed by atoms with Crippen molar-refractivity contribution in [2.45, 2.75) is 83.0 Å². The minimum atomic E-state index is -4.09. The molecule has 4 heteroatoms. The zero-order chi connectivity index (χ0) is 17.3. The number of unbranched alkanes of at least 4 members (excludes halogenated alkanes) is 3. The van der Waals surface area contributed by atoms with E-state index in [1.165, 1.54) is 50.7 Å². The minimum Gasteiger partial charge on any atom is -0.282 e. The number of benzene rings is 1. The summed E-state index contributed by atoms with van der Waals surface area (Å²) in [6.07, 6.45) is 9.99. The topological polar surface area (TPSA) is 54.4 Å². The molecule has 132 valence electrons. The van der Waals surface area contributed by atoms with Crippen LogP contribution in [0, 0.1) is 5.92 Å². The van der Waals surface area contributed by atoms with Crippen LogP contribution in [-0.4, -0.2) is 13.0 Å². The van der Waals surface area contributed by atoms with Gasteiger partial charge in [0.25, 0.3) is 10.1 Å². The van der Waals surface area contributed by atoms with Crippen molar-refractivity contribution in [1.82, 2.24) is 0 Å². The lowest BCUT2D eigenvalue weighted by Crippen LogP contribution is -2.03. The average Bonchev–Trinajstić information content (AvgIpc) is 2.52. The highest BCUT2D eigenvalue weighted by atomic mass is 32.2. The van der Waals surface area contributed by atoms with Gasteiger partial charge in [-0.25, -0.2) is 0 Å². The molecule has 0 aliphatic carbocycles. The molecule has 0 aliphatic heterocycles. The van der Waals surface area contributed by atoms with Crippen LogP contribution in [0.1, 0.15) is 83.6 Å². The largest absolute Gasteiger partial charge is 0.294 e. The lowest BCUT2D eigenvalue weighted by Gasteiger charge is -2.18. The molecule has 2 unspecified atom stereocenters. The van der Waals surface area contributed by atoms with Crippen LogP contribution >= 0.6 is 0 Å². The maximum atomic E-state index is 11.1. The van der Waals surface area contributed by atoms with Gasteiger partial charge in [-0.3, -0.25) is 4.55 Å². The first-order valence-electron chi connectivity index (χ1n) is 8.95. The number of hydrogen-bond acceptors (Lipinski definition) is 2. The van der Waals surface area contributed by atoms with Crippen molar-refractivity contribution in [2.75, 3.05) is 0 Å². The first kappa shape index (κ1) is 20.2. The molecule has 0 bridgehead atoms. The van der Waals surface area contributed by atoms with Crippen molar-refractivity contribution < 1.29 is 13.0 Å². The van der Waals surface area contributed by atoms with Crippen LogP contribution in [0.3, 0.4) is 0 Å². The zero-order valence-electron chi connectivity index (χ0n) is 14.8. The van der Waals surface area contributed by atoms with E-state index in [-0.39, 0.29) is 4.90 Å². The summed E-state index contributed by atoms with van der Waals surface area (Å²) in [5.41, 5.74) is 1.16. The highest BCUT2D eigenvalue weighted by Gasteiger charge is 2.14. The van der Waals surface area contributed by atoms with Crippen molar-refractivity contribution in [3.8, 4) is 0 Å². The summed E-state index contributed by atoms with van der Waals surface area (Å²) in [6.45, 7) is 6.75. The SMILES string of the molecule is CCCCCCC(C)CCC(CC)c1ccc(S(=O)(=O)O)cc1. The lowest BCUT2D eigenvalue weighted by molar-refractivity contribution is 0.421. The highest BCUT2D eigenvalue weighted by molar-refractivity contribution is 7.85. The van der Waals surface area contributed by atoms with Crippen molar-refractivity contribution in [3.05, 3.63) is 29.8 Å². The van der Waals surface area contributed by atoms with Crippen molar-refractivity contribution >= 4 is 10.1 Å². The second kappa shape index (κ2) is 10.1. The molecule has 0 amide bonds. The zero-order valence-corrected chi connectivity index (χ0v) is 15.6. The van der Waals surface area contributed by atoms with E-state index in [4.69, 9.17) is 4.55 Å². The molecule has 2 atom stereocenters. The maximum absolute atomic E-state index is 11.1. The van der Waals surface area contributed by atoms with E-state index in [2.05, 4.69) is 20.8 Å². The summed E-state index contributed by atoms with van der Waals surface area (Å²) in [5.74, 6) is 1.21. The minimum absolute atomic E-state index is 0.0274. The van der Waals surface area contributed by atoms with Crippen LogP contribution in [0.15, 0.2) is 29.2 Å².